The van der Waals surface area contributed by atoms with Gasteiger partial charge in [0.2, 0.25) is 0 Å². The zero-order chi connectivity index (χ0) is 13.5. The fraction of sp³-hybridized carbons (Fsp3) is 0.200. The van der Waals surface area contributed by atoms with Crippen LogP contribution < -0.4 is 5.73 Å². The van der Waals surface area contributed by atoms with E-state index in [4.69, 9.17) is 17.3 Å². The third-order valence-corrected chi connectivity index (χ3v) is 2.99. The van der Waals surface area contributed by atoms with Crippen LogP contribution in [0, 0.1) is 0 Å². The van der Waals surface area contributed by atoms with Crippen LogP contribution in [-0.4, -0.2) is 16.7 Å². The monoisotopic (exact) mass is 273 g/mol. The van der Waals surface area contributed by atoms with E-state index in [0.717, 1.165) is 24.2 Å². The fourth-order valence-electron chi connectivity index (χ4n) is 1.80. The van der Waals surface area contributed by atoms with Crippen LogP contribution in [0.2, 0.25) is 0 Å². The summed E-state index contributed by atoms with van der Waals surface area (Å²) >= 11 is 5.62. The highest BCUT2D eigenvalue weighted by Crippen LogP contribution is 2.15. The van der Waals surface area contributed by atoms with Gasteiger partial charge in [0.05, 0.1) is 11.6 Å². The molecule has 0 amide bonds. The van der Waals surface area contributed by atoms with Crippen molar-refractivity contribution in [1.29, 1.82) is 0 Å². The summed E-state index contributed by atoms with van der Waals surface area (Å²) in [5.41, 5.74) is 8.78. The number of halogens is 1. The maximum atomic E-state index is 5.63. The minimum atomic E-state index is 0.248. The second-order valence-corrected chi connectivity index (χ2v) is 4.50. The Morgan fingerprint density at radius 2 is 2.05 bits per heavy atom. The van der Waals surface area contributed by atoms with Crippen LogP contribution in [0.3, 0.4) is 0 Å². The van der Waals surface area contributed by atoms with E-state index in [0.29, 0.717) is 5.84 Å². The van der Waals surface area contributed by atoms with E-state index in [1.807, 2.05) is 42.6 Å². The zero-order valence-electron chi connectivity index (χ0n) is 10.6. The highest BCUT2D eigenvalue weighted by atomic mass is 35.5. The second kappa shape index (κ2) is 6.90. The molecule has 0 unspecified atom stereocenters. The van der Waals surface area contributed by atoms with Gasteiger partial charge >= 0.3 is 0 Å². The van der Waals surface area contributed by atoms with Crippen LogP contribution >= 0.6 is 11.6 Å². The summed E-state index contributed by atoms with van der Waals surface area (Å²) in [6, 6.07) is 14.0. The van der Waals surface area contributed by atoms with Gasteiger partial charge in [-0.3, -0.25) is 4.98 Å². The van der Waals surface area contributed by atoms with Crippen LogP contribution in [0.5, 0.6) is 0 Å². The Morgan fingerprint density at radius 3 is 2.79 bits per heavy atom. The molecule has 2 aromatic rings. The predicted octanol–water partition coefficient (Wildman–Crippen LogP) is 3.09. The van der Waals surface area contributed by atoms with Gasteiger partial charge in [0, 0.05) is 11.9 Å². The molecule has 0 bridgehead atoms. The molecule has 1 aromatic carbocycles. The van der Waals surface area contributed by atoms with Gasteiger partial charge < -0.3 is 5.73 Å². The van der Waals surface area contributed by atoms with Gasteiger partial charge in [0.1, 0.15) is 5.84 Å². The van der Waals surface area contributed by atoms with Crippen molar-refractivity contribution in [3.05, 3.63) is 59.9 Å². The minimum Gasteiger partial charge on any atom is -0.386 e. The molecule has 19 heavy (non-hydrogen) atoms. The van der Waals surface area contributed by atoms with Crippen LogP contribution in [-0.2, 0) is 12.8 Å². The van der Waals surface area contributed by atoms with Crippen molar-refractivity contribution in [3.8, 4) is 0 Å². The summed E-state index contributed by atoms with van der Waals surface area (Å²) in [4.78, 5) is 8.55. The van der Waals surface area contributed by atoms with Crippen molar-refractivity contribution in [2.24, 2.45) is 10.7 Å². The zero-order valence-corrected chi connectivity index (χ0v) is 11.3. The number of alkyl halides is 1. The number of hydrogen-bond donors (Lipinski definition) is 1. The third-order valence-electron chi connectivity index (χ3n) is 2.72. The van der Waals surface area contributed by atoms with Gasteiger partial charge in [0.15, 0.2) is 0 Å². The minimum absolute atomic E-state index is 0.248. The molecular formula is C15H16ClN3. The number of aliphatic imine (C=N–C) groups is 1. The van der Waals surface area contributed by atoms with Crippen LogP contribution in [0.25, 0.3) is 0 Å². The quantitative estimate of drug-likeness (QED) is 0.517. The van der Waals surface area contributed by atoms with E-state index in [9.17, 15) is 0 Å². The van der Waals surface area contributed by atoms with Crippen molar-refractivity contribution in [2.45, 2.75) is 12.8 Å². The lowest BCUT2D eigenvalue weighted by molar-refractivity contribution is 0.914. The lowest BCUT2D eigenvalue weighted by atomic mass is 10.1. The number of amidine groups is 1. The maximum absolute atomic E-state index is 5.63. The smallest absolute Gasteiger partial charge is 0.115 e. The number of hydrogen-bond acceptors (Lipinski definition) is 2. The standard InChI is InChI=1S/C15H16ClN3/c16-11-15(17)19-14-6-3-4-12(10-14)7-8-13-5-1-2-9-18-13/h1-6,9-10H,7-8,11H2,(H2,17,19). The van der Waals surface area contributed by atoms with Gasteiger partial charge in [0.25, 0.3) is 0 Å². The summed E-state index contributed by atoms with van der Waals surface area (Å²) < 4.78 is 0. The summed E-state index contributed by atoms with van der Waals surface area (Å²) in [6.07, 6.45) is 3.66. The topological polar surface area (TPSA) is 51.3 Å². The first-order valence-electron chi connectivity index (χ1n) is 6.16. The Bertz CT molecular complexity index is 552. The van der Waals surface area contributed by atoms with Crippen molar-refractivity contribution >= 4 is 23.1 Å². The molecule has 4 heteroatoms. The molecule has 98 valence electrons. The molecule has 0 aliphatic carbocycles. The molecule has 0 radical (unpaired) electrons. The Kier molecular flexibility index (Phi) is 4.93. The van der Waals surface area contributed by atoms with E-state index in [2.05, 4.69) is 16.0 Å². The van der Waals surface area contributed by atoms with Gasteiger partial charge in [-0.1, -0.05) is 18.2 Å². The third kappa shape index (κ3) is 4.38. The molecule has 0 atom stereocenters. The van der Waals surface area contributed by atoms with Gasteiger partial charge in [-0.15, -0.1) is 11.6 Å². The molecule has 0 saturated heterocycles. The van der Waals surface area contributed by atoms with Crippen molar-refractivity contribution in [1.82, 2.24) is 4.98 Å². The predicted molar refractivity (Wildman–Crippen MR) is 80.1 cm³/mol. The van der Waals surface area contributed by atoms with Crippen molar-refractivity contribution < 1.29 is 0 Å². The molecule has 3 nitrogen and oxygen atoms in total. The van der Waals surface area contributed by atoms with E-state index in [1.165, 1.54) is 5.56 Å². The van der Waals surface area contributed by atoms with Gasteiger partial charge in [-0.25, -0.2) is 4.99 Å². The maximum Gasteiger partial charge on any atom is 0.115 e. The molecule has 1 aromatic heterocycles. The first-order valence-corrected chi connectivity index (χ1v) is 6.69. The van der Waals surface area contributed by atoms with Crippen LogP contribution in [0.1, 0.15) is 11.3 Å². The van der Waals surface area contributed by atoms with E-state index in [-0.39, 0.29) is 5.88 Å². The van der Waals surface area contributed by atoms with Crippen LogP contribution in [0.4, 0.5) is 5.69 Å². The number of pyridine rings is 1. The molecule has 1 heterocycles. The molecule has 0 aliphatic heterocycles. The SMILES string of the molecule is NC(CCl)=Nc1cccc(CCc2ccccn2)c1. The average Bonchev–Trinajstić information content (AvgIpc) is 2.46. The summed E-state index contributed by atoms with van der Waals surface area (Å²) in [6.45, 7) is 0. The fourth-order valence-corrected chi connectivity index (χ4v) is 1.86. The Morgan fingerprint density at radius 1 is 1.16 bits per heavy atom. The summed E-state index contributed by atoms with van der Waals surface area (Å²) in [5.74, 6) is 0.682. The van der Waals surface area contributed by atoms with E-state index >= 15 is 0 Å². The van der Waals surface area contributed by atoms with E-state index in [1.54, 1.807) is 0 Å². The molecule has 0 fully saturated rings. The number of aryl methyl sites for hydroxylation is 2. The first-order chi connectivity index (χ1) is 9.28. The average molecular weight is 274 g/mol. The Hall–Kier alpha value is -1.87. The molecule has 0 aliphatic rings. The Labute approximate surface area is 118 Å². The summed E-state index contributed by atoms with van der Waals surface area (Å²) in [7, 11) is 0. The van der Waals surface area contributed by atoms with Gasteiger partial charge in [-0.05, 0) is 42.7 Å². The second-order valence-electron chi connectivity index (χ2n) is 4.23. The highest BCUT2D eigenvalue weighted by Gasteiger charge is 1.98. The van der Waals surface area contributed by atoms with Crippen molar-refractivity contribution in [2.75, 3.05) is 5.88 Å². The number of nitrogens with two attached hydrogens (primary N) is 1. The summed E-state index contributed by atoms with van der Waals surface area (Å²) in [5, 5.41) is 0. The normalized spacial score (nSPS) is 11.5. The van der Waals surface area contributed by atoms with Crippen molar-refractivity contribution in [3.63, 3.8) is 0 Å². The van der Waals surface area contributed by atoms with Crippen LogP contribution in [0.15, 0.2) is 53.7 Å². The molecule has 0 saturated carbocycles. The number of nitrogens with zero attached hydrogens (tertiary/aromatic N) is 2. The lowest BCUT2D eigenvalue weighted by Gasteiger charge is -2.03. The molecule has 2 N–H and O–H groups in total. The number of rotatable bonds is 5. The number of aromatic nitrogens is 1. The largest absolute Gasteiger partial charge is 0.386 e. The molecular weight excluding hydrogens is 258 g/mol. The molecule has 2 rings (SSSR count). The van der Waals surface area contributed by atoms with Gasteiger partial charge in [-0.2, -0.15) is 0 Å². The lowest BCUT2D eigenvalue weighted by Crippen LogP contribution is -2.12. The molecule has 0 spiro atoms. The Balaban J connectivity index is 2.03. The highest BCUT2D eigenvalue weighted by molar-refractivity contribution is 6.28. The number of benzene rings is 1. The first kappa shape index (κ1) is 13.6. The van der Waals surface area contributed by atoms with E-state index < -0.39 is 0 Å².